The summed E-state index contributed by atoms with van der Waals surface area (Å²) in [6, 6.07) is 6.65. The Hall–Kier alpha value is -1.42. The number of hydrogen-bond donors (Lipinski definition) is 1. The molecule has 0 spiro atoms. The molecular formula is C16H20FNO2. The summed E-state index contributed by atoms with van der Waals surface area (Å²) in [6.07, 6.45) is 5.72. The van der Waals surface area contributed by atoms with E-state index in [-0.39, 0.29) is 24.4 Å². The minimum atomic E-state index is -0.326. The van der Waals surface area contributed by atoms with E-state index in [4.69, 9.17) is 4.74 Å². The molecule has 3 unspecified atom stereocenters. The van der Waals surface area contributed by atoms with Gasteiger partial charge in [-0.25, -0.2) is 4.39 Å². The lowest BCUT2D eigenvalue weighted by molar-refractivity contribution is -0.147. The number of hydrogen-bond acceptors (Lipinski definition) is 3. The van der Waals surface area contributed by atoms with Crippen LogP contribution in [0.1, 0.15) is 37.7 Å². The lowest BCUT2D eigenvalue weighted by atomic mass is 9.85. The van der Waals surface area contributed by atoms with Gasteiger partial charge in [-0.3, -0.25) is 4.79 Å². The van der Waals surface area contributed by atoms with Crippen molar-refractivity contribution in [3.63, 3.8) is 0 Å². The molecule has 1 aromatic rings. The number of carbonyl (C=O) groups is 1. The maximum absolute atomic E-state index is 13.5. The van der Waals surface area contributed by atoms with Gasteiger partial charge in [-0.2, -0.15) is 0 Å². The average Bonchev–Trinajstić information content (AvgIpc) is 2.90. The molecule has 0 aromatic heterocycles. The molecule has 3 nitrogen and oxygen atoms in total. The highest BCUT2D eigenvalue weighted by molar-refractivity contribution is 5.76. The van der Waals surface area contributed by atoms with Crippen LogP contribution in [0.2, 0.25) is 0 Å². The third-order valence-electron chi connectivity index (χ3n) is 4.48. The first-order chi connectivity index (χ1) is 9.74. The van der Waals surface area contributed by atoms with E-state index >= 15 is 0 Å². The normalized spacial score (nSPS) is 28.9. The fourth-order valence-electron chi connectivity index (χ4n) is 3.37. The molecule has 2 fully saturated rings. The van der Waals surface area contributed by atoms with E-state index in [9.17, 15) is 9.18 Å². The van der Waals surface area contributed by atoms with Crippen molar-refractivity contribution in [1.82, 2.24) is 5.32 Å². The summed E-state index contributed by atoms with van der Waals surface area (Å²) in [5, 5.41) is 3.38. The first-order valence-electron chi connectivity index (χ1n) is 7.40. The maximum atomic E-state index is 13.5. The second kappa shape index (κ2) is 5.92. The van der Waals surface area contributed by atoms with Crippen molar-refractivity contribution in [3.8, 4) is 0 Å². The van der Waals surface area contributed by atoms with Gasteiger partial charge in [0, 0.05) is 11.6 Å². The Bertz CT molecular complexity index is 477. The number of carbonyl (C=O) groups excluding carboxylic acids is 1. The van der Waals surface area contributed by atoms with E-state index in [0.29, 0.717) is 17.5 Å². The van der Waals surface area contributed by atoms with E-state index in [2.05, 4.69) is 5.32 Å². The van der Waals surface area contributed by atoms with Gasteiger partial charge in [-0.1, -0.05) is 31.0 Å². The van der Waals surface area contributed by atoms with Crippen molar-refractivity contribution in [3.05, 3.63) is 35.6 Å². The Labute approximate surface area is 118 Å². The Balaban J connectivity index is 1.54. The molecule has 2 aliphatic rings. The Morgan fingerprint density at radius 1 is 1.30 bits per heavy atom. The molecule has 3 atom stereocenters. The molecule has 1 aromatic carbocycles. The van der Waals surface area contributed by atoms with Crippen LogP contribution in [-0.4, -0.2) is 18.1 Å². The van der Waals surface area contributed by atoms with Crippen molar-refractivity contribution < 1.29 is 13.9 Å². The highest BCUT2D eigenvalue weighted by Gasteiger charge is 2.38. The van der Waals surface area contributed by atoms with Crippen molar-refractivity contribution in [2.75, 3.05) is 0 Å². The summed E-state index contributed by atoms with van der Waals surface area (Å²) in [5.41, 5.74) is 0.427. The van der Waals surface area contributed by atoms with Crippen molar-refractivity contribution in [2.24, 2.45) is 5.92 Å². The van der Waals surface area contributed by atoms with Gasteiger partial charge in [0.2, 0.25) is 0 Å². The van der Waals surface area contributed by atoms with Gasteiger partial charge in [-0.05, 0) is 31.2 Å². The molecule has 3 rings (SSSR count). The fraction of sp³-hybridized carbons (Fsp3) is 0.562. The molecular weight excluding hydrogens is 257 g/mol. The maximum Gasteiger partial charge on any atom is 0.323 e. The van der Waals surface area contributed by atoms with Gasteiger partial charge in [0.1, 0.15) is 18.5 Å². The van der Waals surface area contributed by atoms with Gasteiger partial charge >= 0.3 is 5.97 Å². The lowest BCUT2D eigenvalue weighted by Crippen LogP contribution is -2.38. The van der Waals surface area contributed by atoms with Crippen LogP contribution in [0, 0.1) is 11.7 Å². The zero-order valence-electron chi connectivity index (χ0n) is 11.5. The molecule has 4 heteroatoms. The summed E-state index contributed by atoms with van der Waals surface area (Å²) in [5.74, 6) is 0.0331. The summed E-state index contributed by atoms with van der Waals surface area (Å²) in [7, 11) is 0. The summed E-state index contributed by atoms with van der Waals surface area (Å²) in [6.45, 7) is 0.0129. The second-order valence-electron chi connectivity index (χ2n) is 5.81. The number of esters is 1. The molecule has 1 saturated heterocycles. The standard InChI is InChI=1S/C16H20FNO2/c17-13-7-3-1-6-12(13)10-20-16(19)15-9-11-5-2-4-8-14(11)18-15/h1,3,6-7,11,14-15,18H,2,4-5,8-10H2. The highest BCUT2D eigenvalue weighted by Crippen LogP contribution is 2.33. The van der Waals surface area contributed by atoms with Crippen LogP contribution in [0.5, 0.6) is 0 Å². The number of fused-ring (bicyclic) bond motifs is 1. The minimum absolute atomic E-state index is 0.0129. The van der Waals surface area contributed by atoms with Crippen LogP contribution in [0.4, 0.5) is 4.39 Å². The van der Waals surface area contributed by atoms with Crippen LogP contribution in [0.3, 0.4) is 0 Å². The number of nitrogens with one attached hydrogen (secondary N) is 1. The smallest absolute Gasteiger partial charge is 0.323 e. The fourth-order valence-corrected chi connectivity index (χ4v) is 3.37. The Morgan fingerprint density at radius 3 is 2.90 bits per heavy atom. The van der Waals surface area contributed by atoms with Crippen LogP contribution >= 0.6 is 0 Å². The van der Waals surface area contributed by atoms with Gasteiger partial charge in [0.05, 0.1) is 0 Å². The Morgan fingerprint density at radius 2 is 2.10 bits per heavy atom. The third-order valence-corrected chi connectivity index (χ3v) is 4.48. The number of rotatable bonds is 3. The SMILES string of the molecule is O=C(OCc1ccccc1F)C1CC2CCCCC2N1. The number of halogens is 1. The third kappa shape index (κ3) is 2.85. The molecule has 0 radical (unpaired) electrons. The van der Waals surface area contributed by atoms with Crippen LogP contribution in [-0.2, 0) is 16.1 Å². The number of benzene rings is 1. The zero-order chi connectivity index (χ0) is 13.9. The van der Waals surface area contributed by atoms with Crippen molar-refractivity contribution in [1.29, 1.82) is 0 Å². The molecule has 1 saturated carbocycles. The van der Waals surface area contributed by atoms with Crippen molar-refractivity contribution in [2.45, 2.75) is 50.8 Å². The largest absolute Gasteiger partial charge is 0.460 e. The predicted octanol–water partition coefficient (Wildman–Crippen LogP) is 2.79. The second-order valence-corrected chi connectivity index (χ2v) is 5.81. The predicted molar refractivity (Wildman–Crippen MR) is 73.5 cm³/mol. The lowest BCUT2D eigenvalue weighted by Gasteiger charge is -2.24. The summed E-state index contributed by atoms with van der Waals surface area (Å²) in [4.78, 5) is 12.1. The highest BCUT2D eigenvalue weighted by atomic mass is 19.1. The van der Waals surface area contributed by atoms with E-state index in [0.717, 1.165) is 12.8 Å². The van der Waals surface area contributed by atoms with E-state index < -0.39 is 0 Å². The minimum Gasteiger partial charge on any atom is -0.460 e. The van der Waals surface area contributed by atoms with Gasteiger partial charge in [0.15, 0.2) is 0 Å². The Kier molecular flexibility index (Phi) is 4.01. The van der Waals surface area contributed by atoms with Gasteiger partial charge in [0.25, 0.3) is 0 Å². The molecule has 108 valence electrons. The van der Waals surface area contributed by atoms with Gasteiger partial charge < -0.3 is 10.1 Å². The molecule has 0 amide bonds. The molecule has 1 aliphatic carbocycles. The number of ether oxygens (including phenoxy) is 1. The molecule has 0 bridgehead atoms. The van der Waals surface area contributed by atoms with Crippen molar-refractivity contribution >= 4 is 5.97 Å². The first-order valence-corrected chi connectivity index (χ1v) is 7.40. The van der Waals surface area contributed by atoms with E-state index in [1.165, 1.54) is 25.3 Å². The summed E-state index contributed by atoms with van der Waals surface area (Å²) < 4.78 is 18.7. The topological polar surface area (TPSA) is 38.3 Å². The summed E-state index contributed by atoms with van der Waals surface area (Å²) >= 11 is 0. The van der Waals surface area contributed by atoms with E-state index in [1.54, 1.807) is 18.2 Å². The molecule has 1 N–H and O–H groups in total. The average molecular weight is 277 g/mol. The van der Waals surface area contributed by atoms with E-state index in [1.807, 2.05) is 0 Å². The molecule has 1 heterocycles. The van der Waals surface area contributed by atoms with Crippen LogP contribution in [0.15, 0.2) is 24.3 Å². The molecule has 20 heavy (non-hydrogen) atoms. The van der Waals surface area contributed by atoms with Crippen LogP contribution < -0.4 is 5.32 Å². The monoisotopic (exact) mass is 277 g/mol. The van der Waals surface area contributed by atoms with Gasteiger partial charge in [-0.15, -0.1) is 0 Å². The quantitative estimate of drug-likeness (QED) is 0.863. The first kappa shape index (κ1) is 13.6. The zero-order valence-corrected chi connectivity index (χ0v) is 11.5. The molecule has 1 aliphatic heterocycles. The van der Waals surface area contributed by atoms with Crippen LogP contribution in [0.25, 0.3) is 0 Å².